The average Bonchev–Trinajstić information content (AvgIpc) is 3.04. The van der Waals surface area contributed by atoms with Gasteiger partial charge in [-0.25, -0.2) is 0 Å². The van der Waals surface area contributed by atoms with Gasteiger partial charge in [0.15, 0.2) is 0 Å². The van der Waals surface area contributed by atoms with E-state index < -0.39 is 0 Å². The van der Waals surface area contributed by atoms with Gasteiger partial charge in [-0.1, -0.05) is 47.0 Å². The molecule has 1 aromatic heterocycles. The first-order chi connectivity index (χ1) is 11.5. The first-order valence-electron chi connectivity index (χ1n) is 7.53. The minimum Gasteiger partial charge on any atom is -0.403 e. The molecular weight excluding hydrogens is 370 g/mol. The first-order valence-corrected chi connectivity index (χ1v) is 8.33. The van der Waals surface area contributed by atoms with Crippen LogP contribution >= 0.6 is 15.9 Å². The van der Waals surface area contributed by atoms with E-state index >= 15 is 0 Å². The van der Waals surface area contributed by atoms with Gasteiger partial charge in [0, 0.05) is 15.6 Å². The SMILES string of the molecule is CC(C)c1ccc(-c2nnc(NC(=O)c3ccc(Br)cc3)o2)cc1. The lowest BCUT2D eigenvalue weighted by Gasteiger charge is -2.04. The second kappa shape index (κ2) is 6.97. The van der Waals surface area contributed by atoms with Gasteiger partial charge in [0.1, 0.15) is 0 Å². The number of nitrogens with one attached hydrogen (secondary N) is 1. The van der Waals surface area contributed by atoms with Gasteiger partial charge in [-0.3, -0.25) is 10.1 Å². The van der Waals surface area contributed by atoms with Crippen molar-refractivity contribution in [3.63, 3.8) is 0 Å². The molecule has 3 rings (SSSR count). The Morgan fingerprint density at radius 1 is 1.04 bits per heavy atom. The Bertz CT molecular complexity index is 839. The fourth-order valence-electron chi connectivity index (χ4n) is 2.17. The van der Waals surface area contributed by atoms with Crippen molar-refractivity contribution in [3.05, 3.63) is 64.1 Å². The summed E-state index contributed by atoms with van der Waals surface area (Å²) in [7, 11) is 0. The lowest BCUT2D eigenvalue weighted by atomic mass is 10.0. The van der Waals surface area contributed by atoms with E-state index in [1.165, 1.54) is 5.56 Å². The van der Waals surface area contributed by atoms with E-state index in [0.717, 1.165) is 10.0 Å². The van der Waals surface area contributed by atoms with E-state index in [1.54, 1.807) is 24.3 Å². The highest BCUT2D eigenvalue weighted by Crippen LogP contribution is 2.23. The molecule has 0 aliphatic carbocycles. The van der Waals surface area contributed by atoms with Crippen molar-refractivity contribution >= 4 is 27.9 Å². The Morgan fingerprint density at radius 2 is 1.71 bits per heavy atom. The molecule has 24 heavy (non-hydrogen) atoms. The van der Waals surface area contributed by atoms with Crippen LogP contribution in [0.3, 0.4) is 0 Å². The van der Waals surface area contributed by atoms with Crippen LogP contribution in [-0.4, -0.2) is 16.1 Å². The molecule has 0 unspecified atom stereocenters. The maximum absolute atomic E-state index is 12.1. The van der Waals surface area contributed by atoms with Gasteiger partial charge in [-0.15, -0.1) is 5.10 Å². The van der Waals surface area contributed by atoms with E-state index in [1.807, 2.05) is 24.3 Å². The van der Waals surface area contributed by atoms with Crippen molar-refractivity contribution in [1.29, 1.82) is 0 Å². The van der Waals surface area contributed by atoms with Crippen molar-refractivity contribution in [1.82, 2.24) is 10.2 Å². The number of nitrogens with zero attached hydrogens (tertiary/aromatic N) is 2. The number of aromatic nitrogens is 2. The van der Waals surface area contributed by atoms with Crippen molar-refractivity contribution in [2.45, 2.75) is 19.8 Å². The Kier molecular flexibility index (Phi) is 4.76. The first kappa shape index (κ1) is 16.4. The third-order valence-electron chi connectivity index (χ3n) is 3.58. The molecule has 1 heterocycles. The van der Waals surface area contributed by atoms with Crippen LogP contribution in [0.25, 0.3) is 11.5 Å². The molecular formula is C18H16BrN3O2. The van der Waals surface area contributed by atoms with Gasteiger partial charge < -0.3 is 4.42 Å². The van der Waals surface area contributed by atoms with Crippen LogP contribution in [0.2, 0.25) is 0 Å². The van der Waals surface area contributed by atoms with E-state index in [0.29, 0.717) is 17.4 Å². The normalized spacial score (nSPS) is 10.8. The smallest absolute Gasteiger partial charge is 0.322 e. The van der Waals surface area contributed by atoms with E-state index in [-0.39, 0.29) is 11.9 Å². The predicted molar refractivity (Wildman–Crippen MR) is 95.9 cm³/mol. The topological polar surface area (TPSA) is 68.0 Å². The molecule has 2 aromatic carbocycles. The molecule has 0 spiro atoms. The minimum absolute atomic E-state index is 0.0749. The Morgan fingerprint density at radius 3 is 2.33 bits per heavy atom. The van der Waals surface area contributed by atoms with Crippen LogP contribution in [0.5, 0.6) is 0 Å². The third kappa shape index (κ3) is 3.71. The summed E-state index contributed by atoms with van der Waals surface area (Å²) in [6.45, 7) is 4.27. The third-order valence-corrected chi connectivity index (χ3v) is 4.10. The number of amides is 1. The van der Waals surface area contributed by atoms with Crippen LogP contribution in [0.4, 0.5) is 6.01 Å². The molecule has 0 saturated carbocycles. The van der Waals surface area contributed by atoms with E-state index in [9.17, 15) is 4.79 Å². The summed E-state index contributed by atoms with van der Waals surface area (Å²) < 4.78 is 6.43. The zero-order chi connectivity index (χ0) is 17.1. The molecule has 0 fully saturated rings. The number of hydrogen-bond acceptors (Lipinski definition) is 4. The molecule has 0 saturated heterocycles. The van der Waals surface area contributed by atoms with Crippen molar-refractivity contribution < 1.29 is 9.21 Å². The van der Waals surface area contributed by atoms with E-state index in [4.69, 9.17) is 4.42 Å². The fourth-order valence-corrected chi connectivity index (χ4v) is 2.44. The summed E-state index contributed by atoms with van der Waals surface area (Å²) in [6.07, 6.45) is 0. The number of benzene rings is 2. The number of anilines is 1. The molecule has 6 heteroatoms. The zero-order valence-electron chi connectivity index (χ0n) is 13.3. The maximum atomic E-state index is 12.1. The van der Waals surface area contributed by atoms with Gasteiger partial charge in [0.25, 0.3) is 5.91 Å². The van der Waals surface area contributed by atoms with Gasteiger partial charge in [0.05, 0.1) is 0 Å². The second-order valence-electron chi connectivity index (χ2n) is 5.65. The molecule has 0 atom stereocenters. The summed E-state index contributed by atoms with van der Waals surface area (Å²) >= 11 is 3.33. The number of carbonyl (C=O) groups excluding carboxylic acids is 1. The number of halogens is 1. The standard InChI is InChI=1S/C18H16BrN3O2/c1-11(2)12-3-5-14(6-4-12)17-21-22-18(24-17)20-16(23)13-7-9-15(19)10-8-13/h3-11H,1-2H3,(H,20,22,23). The van der Waals surface area contributed by atoms with Gasteiger partial charge in [0.2, 0.25) is 5.89 Å². The van der Waals surface area contributed by atoms with E-state index in [2.05, 4.69) is 45.3 Å². The maximum Gasteiger partial charge on any atom is 0.322 e. The van der Waals surface area contributed by atoms with Crippen LogP contribution < -0.4 is 5.32 Å². The van der Waals surface area contributed by atoms with Crippen molar-refractivity contribution in [2.75, 3.05) is 5.32 Å². The quantitative estimate of drug-likeness (QED) is 0.694. The minimum atomic E-state index is -0.298. The molecule has 5 nitrogen and oxygen atoms in total. The van der Waals surface area contributed by atoms with Crippen LogP contribution in [-0.2, 0) is 0 Å². The summed E-state index contributed by atoms with van der Waals surface area (Å²) in [4.78, 5) is 12.1. The number of carbonyl (C=O) groups is 1. The highest BCUT2D eigenvalue weighted by Gasteiger charge is 2.13. The highest BCUT2D eigenvalue weighted by molar-refractivity contribution is 9.10. The molecule has 1 N–H and O–H groups in total. The lowest BCUT2D eigenvalue weighted by molar-refractivity contribution is 0.102. The lowest BCUT2D eigenvalue weighted by Crippen LogP contribution is -2.11. The van der Waals surface area contributed by atoms with Gasteiger partial charge >= 0.3 is 6.01 Å². The van der Waals surface area contributed by atoms with Gasteiger partial charge in [-0.05, 0) is 47.9 Å². The Labute approximate surface area is 148 Å². The molecule has 1 amide bonds. The van der Waals surface area contributed by atoms with Crippen LogP contribution in [0.1, 0.15) is 35.7 Å². The summed E-state index contributed by atoms with van der Waals surface area (Å²) in [5, 5.41) is 10.5. The highest BCUT2D eigenvalue weighted by atomic mass is 79.9. The summed E-state index contributed by atoms with van der Waals surface area (Å²) in [5.41, 5.74) is 2.57. The van der Waals surface area contributed by atoms with Crippen molar-refractivity contribution in [2.24, 2.45) is 0 Å². The monoisotopic (exact) mass is 385 g/mol. The second-order valence-corrected chi connectivity index (χ2v) is 6.57. The predicted octanol–water partition coefficient (Wildman–Crippen LogP) is 4.87. The zero-order valence-corrected chi connectivity index (χ0v) is 14.9. The van der Waals surface area contributed by atoms with Crippen LogP contribution in [0.15, 0.2) is 57.4 Å². The molecule has 0 aliphatic heterocycles. The fraction of sp³-hybridized carbons (Fsp3) is 0.167. The summed E-state index contributed by atoms with van der Waals surface area (Å²) in [5.74, 6) is 0.534. The molecule has 0 aliphatic rings. The number of hydrogen-bond donors (Lipinski definition) is 1. The Balaban J connectivity index is 1.73. The largest absolute Gasteiger partial charge is 0.403 e. The summed E-state index contributed by atoms with van der Waals surface area (Å²) in [6, 6.07) is 15.0. The van der Waals surface area contributed by atoms with Crippen molar-refractivity contribution in [3.8, 4) is 11.5 Å². The Hall–Kier alpha value is -2.47. The van der Waals surface area contributed by atoms with Crippen LogP contribution in [0, 0.1) is 0 Å². The number of rotatable bonds is 4. The average molecular weight is 386 g/mol. The molecule has 0 bridgehead atoms. The molecule has 0 radical (unpaired) electrons. The molecule has 122 valence electrons. The molecule has 3 aromatic rings. The van der Waals surface area contributed by atoms with Gasteiger partial charge in [-0.2, -0.15) is 0 Å².